The van der Waals surface area contributed by atoms with Crippen molar-refractivity contribution in [3.8, 4) is 0 Å². The molecule has 2 aromatic rings. The van der Waals surface area contributed by atoms with E-state index in [-0.39, 0.29) is 0 Å². The van der Waals surface area contributed by atoms with Crippen molar-refractivity contribution < 1.29 is 0 Å². The van der Waals surface area contributed by atoms with Crippen LogP contribution in [0.3, 0.4) is 0 Å². The first kappa shape index (κ1) is 8.96. The van der Waals surface area contributed by atoms with Gasteiger partial charge >= 0.3 is 0 Å². The van der Waals surface area contributed by atoms with E-state index >= 15 is 0 Å². The highest BCUT2D eigenvalue weighted by molar-refractivity contribution is 5.75. The monoisotopic (exact) mass is 200 g/mol. The maximum Gasteiger partial charge on any atom is 0.0955 e. The molecule has 2 nitrogen and oxygen atoms in total. The van der Waals surface area contributed by atoms with Gasteiger partial charge in [0.1, 0.15) is 0 Å². The van der Waals surface area contributed by atoms with Crippen molar-refractivity contribution >= 4 is 11.0 Å². The van der Waals surface area contributed by atoms with E-state index < -0.39 is 0 Å². The molecule has 0 atom stereocenters. The lowest BCUT2D eigenvalue weighted by molar-refractivity contribution is 0.570. The van der Waals surface area contributed by atoms with Gasteiger partial charge in [-0.3, -0.25) is 0 Å². The highest BCUT2D eigenvalue weighted by Gasteiger charge is 2.36. The molecule has 1 aliphatic rings. The van der Waals surface area contributed by atoms with Gasteiger partial charge in [0.25, 0.3) is 0 Å². The van der Waals surface area contributed by atoms with E-state index in [2.05, 4.69) is 41.7 Å². The molecule has 1 heterocycles. The zero-order chi connectivity index (χ0) is 10.5. The third-order valence-corrected chi connectivity index (χ3v) is 3.52. The summed E-state index contributed by atoms with van der Waals surface area (Å²) in [5.74, 6) is 0. The van der Waals surface area contributed by atoms with E-state index in [4.69, 9.17) is 0 Å². The van der Waals surface area contributed by atoms with Crippen molar-refractivity contribution in [2.24, 2.45) is 12.5 Å². The molecule has 1 fully saturated rings. The van der Waals surface area contributed by atoms with Gasteiger partial charge in [-0.1, -0.05) is 13.0 Å². The number of aromatic nitrogens is 2. The van der Waals surface area contributed by atoms with Gasteiger partial charge < -0.3 is 4.57 Å². The molecule has 2 heteroatoms. The number of hydrogen-bond donors (Lipinski definition) is 0. The normalized spacial score (nSPS) is 18.3. The third kappa shape index (κ3) is 1.54. The SMILES string of the molecule is Cn1cnc2ccc(CC3(C)CC3)cc21. The molecular formula is C13H16N2. The second-order valence-electron chi connectivity index (χ2n) is 5.17. The molecule has 0 bridgehead atoms. The molecule has 0 spiro atoms. The van der Waals surface area contributed by atoms with E-state index in [1.54, 1.807) is 0 Å². The minimum Gasteiger partial charge on any atom is -0.334 e. The van der Waals surface area contributed by atoms with Crippen LogP contribution in [0.1, 0.15) is 25.3 Å². The summed E-state index contributed by atoms with van der Waals surface area (Å²) in [5.41, 5.74) is 4.39. The zero-order valence-corrected chi connectivity index (χ0v) is 9.33. The van der Waals surface area contributed by atoms with Crippen LogP contribution < -0.4 is 0 Å². The maximum atomic E-state index is 4.33. The largest absolute Gasteiger partial charge is 0.334 e. The van der Waals surface area contributed by atoms with Crippen LogP contribution in [0, 0.1) is 5.41 Å². The molecule has 3 rings (SSSR count). The van der Waals surface area contributed by atoms with Crippen molar-refractivity contribution in [1.29, 1.82) is 0 Å². The topological polar surface area (TPSA) is 17.8 Å². The van der Waals surface area contributed by atoms with Gasteiger partial charge in [-0.2, -0.15) is 0 Å². The Balaban J connectivity index is 2.01. The standard InChI is InChI=1S/C13H16N2/c1-13(5-6-13)8-10-3-4-11-12(7-10)15(2)9-14-11/h3-4,7,9H,5-6,8H2,1-2H3. The number of benzene rings is 1. The average molecular weight is 200 g/mol. The van der Waals surface area contributed by atoms with Crippen LogP contribution >= 0.6 is 0 Å². The molecule has 0 N–H and O–H groups in total. The van der Waals surface area contributed by atoms with Crippen LogP contribution in [-0.2, 0) is 13.5 Å². The van der Waals surface area contributed by atoms with Crippen molar-refractivity contribution in [2.75, 3.05) is 0 Å². The van der Waals surface area contributed by atoms with Crippen LogP contribution in [0.4, 0.5) is 0 Å². The Morgan fingerprint density at radius 3 is 2.93 bits per heavy atom. The maximum absolute atomic E-state index is 4.33. The van der Waals surface area contributed by atoms with Crippen LogP contribution in [0.25, 0.3) is 11.0 Å². The van der Waals surface area contributed by atoms with Gasteiger partial charge in [0, 0.05) is 7.05 Å². The Morgan fingerprint density at radius 2 is 2.20 bits per heavy atom. The summed E-state index contributed by atoms with van der Waals surface area (Å²) in [4.78, 5) is 4.33. The molecule has 1 aliphatic carbocycles. The summed E-state index contributed by atoms with van der Waals surface area (Å²) in [6.07, 6.45) is 5.87. The zero-order valence-electron chi connectivity index (χ0n) is 9.33. The summed E-state index contributed by atoms with van der Waals surface area (Å²) in [6, 6.07) is 6.64. The summed E-state index contributed by atoms with van der Waals surface area (Å²) in [5, 5.41) is 0. The lowest BCUT2D eigenvalue weighted by Crippen LogP contribution is -1.98. The van der Waals surface area contributed by atoms with E-state index in [0.717, 1.165) is 5.52 Å². The highest BCUT2D eigenvalue weighted by Crippen LogP contribution is 2.47. The van der Waals surface area contributed by atoms with Crippen molar-refractivity contribution in [2.45, 2.75) is 26.2 Å². The van der Waals surface area contributed by atoms with Crippen LogP contribution in [0.2, 0.25) is 0 Å². The lowest BCUT2D eigenvalue weighted by atomic mass is 9.98. The minimum absolute atomic E-state index is 0.590. The fourth-order valence-electron chi connectivity index (χ4n) is 2.16. The minimum atomic E-state index is 0.590. The van der Waals surface area contributed by atoms with Crippen molar-refractivity contribution in [3.63, 3.8) is 0 Å². The van der Waals surface area contributed by atoms with Gasteiger partial charge in [0.15, 0.2) is 0 Å². The van der Waals surface area contributed by atoms with Crippen LogP contribution in [0.15, 0.2) is 24.5 Å². The fraction of sp³-hybridized carbons (Fsp3) is 0.462. The number of imidazole rings is 1. The van der Waals surface area contributed by atoms with E-state index in [1.165, 1.54) is 30.3 Å². The summed E-state index contributed by atoms with van der Waals surface area (Å²) in [6.45, 7) is 2.38. The van der Waals surface area contributed by atoms with Gasteiger partial charge in [-0.15, -0.1) is 0 Å². The Labute approximate surface area is 89.9 Å². The molecule has 0 aliphatic heterocycles. The molecule has 15 heavy (non-hydrogen) atoms. The predicted octanol–water partition coefficient (Wildman–Crippen LogP) is 2.92. The van der Waals surface area contributed by atoms with Gasteiger partial charge in [-0.25, -0.2) is 4.98 Å². The second-order valence-corrected chi connectivity index (χ2v) is 5.17. The molecule has 0 amide bonds. The van der Waals surface area contributed by atoms with Crippen molar-refractivity contribution in [1.82, 2.24) is 9.55 Å². The van der Waals surface area contributed by atoms with E-state index in [1.807, 2.05) is 6.33 Å². The number of hydrogen-bond acceptors (Lipinski definition) is 1. The molecule has 1 saturated carbocycles. The Kier molecular flexibility index (Phi) is 1.70. The van der Waals surface area contributed by atoms with E-state index in [0.29, 0.717) is 5.41 Å². The lowest BCUT2D eigenvalue weighted by Gasteiger charge is -2.08. The number of rotatable bonds is 2. The quantitative estimate of drug-likeness (QED) is 0.728. The molecule has 0 radical (unpaired) electrons. The highest BCUT2D eigenvalue weighted by atomic mass is 15.0. The van der Waals surface area contributed by atoms with Gasteiger partial charge in [0.05, 0.1) is 17.4 Å². The number of fused-ring (bicyclic) bond motifs is 1. The predicted molar refractivity (Wildman–Crippen MR) is 61.8 cm³/mol. The first-order valence-electron chi connectivity index (χ1n) is 5.56. The number of aryl methyl sites for hydroxylation is 1. The van der Waals surface area contributed by atoms with Gasteiger partial charge in [0.2, 0.25) is 0 Å². The molecule has 0 saturated heterocycles. The summed E-state index contributed by atoms with van der Waals surface area (Å²) < 4.78 is 2.09. The van der Waals surface area contributed by atoms with Crippen molar-refractivity contribution in [3.05, 3.63) is 30.1 Å². The Morgan fingerprint density at radius 1 is 1.40 bits per heavy atom. The first-order valence-corrected chi connectivity index (χ1v) is 5.56. The van der Waals surface area contributed by atoms with Crippen LogP contribution in [-0.4, -0.2) is 9.55 Å². The first-order chi connectivity index (χ1) is 7.16. The molecule has 0 unspecified atom stereocenters. The smallest absolute Gasteiger partial charge is 0.0955 e. The molecule has 78 valence electrons. The third-order valence-electron chi connectivity index (χ3n) is 3.52. The average Bonchev–Trinajstić information content (AvgIpc) is 2.82. The second kappa shape index (κ2) is 2.84. The Bertz CT molecular complexity index is 506. The van der Waals surface area contributed by atoms with E-state index in [9.17, 15) is 0 Å². The Hall–Kier alpha value is -1.31. The fourth-order valence-corrected chi connectivity index (χ4v) is 2.16. The summed E-state index contributed by atoms with van der Waals surface area (Å²) in [7, 11) is 2.05. The molecular weight excluding hydrogens is 184 g/mol. The summed E-state index contributed by atoms with van der Waals surface area (Å²) >= 11 is 0. The number of nitrogens with zero attached hydrogens (tertiary/aromatic N) is 2. The van der Waals surface area contributed by atoms with Gasteiger partial charge in [-0.05, 0) is 42.4 Å². The van der Waals surface area contributed by atoms with Crippen LogP contribution in [0.5, 0.6) is 0 Å². The molecule has 1 aromatic heterocycles. The molecule has 1 aromatic carbocycles.